The average molecular weight is 292 g/mol. The molecule has 1 rings (SSSR count). The van der Waals surface area contributed by atoms with E-state index in [1.54, 1.807) is 19.1 Å². The molecule has 18 heavy (non-hydrogen) atoms. The molecular weight excluding hydrogens is 274 g/mol. The smallest absolute Gasteiger partial charge is 0.213 e. The number of benzene rings is 1. The van der Waals surface area contributed by atoms with Crippen molar-refractivity contribution in [3.8, 4) is 0 Å². The van der Waals surface area contributed by atoms with Crippen LogP contribution in [0.15, 0.2) is 12.1 Å². The van der Waals surface area contributed by atoms with Crippen LogP contribution >= 0.6 is 11.6 Å². The molecule has 1 aromatic rings. The highest BCUT2D eigenvalue weighted by atomic mass is 35.5. The minimum Gasteiger partial charge on any atom is -0.398 e. The molecule has 0 saturated heterocycles. The molecule has 0 saturated carbocycles. The Balaban J connectivity index is 2.62. The Kier molecular flexibility index (Phi) is 5.25. The number of nitrogen functional groups attached to an aromatic ring is 1. The van der Waals surface area contributed by atoms with Crippen LogP contribution in [-0.2, 0) is 10.0 Å². The second-order valence-electron chi connectivity index (χ2n) is 3.93. The largest absolute Gasteiger partial charge is 0.398 e. The highest BCUT2D eigenvalue weighted by Crippen LogP contribution is 2.26. The Labute approximate surface area is 113 Å². The molecule has 4 N–H and O–H groups in total. The fourth-order valence-corrected chi connectivity index (χ4v) is 2.63. The summed E-state index contributed by atoms with van der Waals surface area (Å²) in [7, 11) is -3.20. The first-order valence-corrected chi connectivity index (χ1v) is 7.65. The summed E-state index contributed by atoms with van der Waals surface area (Å²) in [4.78, 5) is 0. The third-order valence-corrected chi connectivity index (χ3v) is 4.19. The van der Waals surface area contributed by atoms with Gasteiger partial charge in [-0.1, -0.05) is 18.5 Å². The lowest BCUT2D eigenvalue weighted by Crippen LogP contribution is -2.29. The third kappa shape index (κ3) is 4.36. The molecule has 0 aliphatic rings. The highest BCUT2D eigenvalue weighted by Gasteiger charge is 2.09. The summed E-state index contributed by atoms with van der Waals surface area (Å²) < 4.78 is 25.3. The number of sulfonamides is 1. The van der Waals surface area contributed by atoms with E-state index >= 15 is 0 Å². The van der Waals surface area contributed by atoms with Gasteiger partial charge in [-0.05, 0) is 24.6 Å². The van der Waals surface area contributed by atoms with E-state index in [4.69, 9.17) is 17.3 Å². The molecule has 0 radical (unpaired) electrons. The van der Waals surface area contributed by atoms with Gasteiger partial charge >= 0.3 is 0 Å². The Morgan fingerprint density at radius 2 is 2.06 bits per heavy atom. The standard InChI is InChI=1S/C11H18ClN3O2S/c1-3-15-18(16,17)5-4-14-11-7-9(12)10(13)6-8(11)2/h6-7,14-15H,3-5,13H2,1-2H3. The fraction of sp³-hybridized carbons (Fsp3) is 0.455. The van der Waals surface area contributed by atoms with Crippen molar-refractivity contribution in [3.63, 3.8) is 0 Å². The number of halogens is 1. The van der Waals surface area contributed by atoms with Gasteiger partial charge in [0.1, 0.15) is 0 Å². The van der Waals surface area contributed by atoms with Crippen LogP contribution in [0.25, 0.3) is 0 Å². The number of nitrogens with two attached hydrogens (primary N) is 1. The third-order valence-electron chi connectivity index (χ3n) is 2.39. The van der Waals surface area contributed by atoms with Crippen molar-refractivity contribution < 1.29 is 8.42 Å². The Morgan fingerprint density at radius 1 is 1.39 bits per heavy atom. The number of hydrogen-bond donors (Lipinski definition) is 3. The van der Waals surface area contributed by atoms with Gasteiger partial charge in [0.2, 0.25) is 10.0 Å². The maximum atomic E-state index is 11.4. The molecule has 0 amide bonds. The van der Waals surface area contributed by atoms with Gasteiger partial charge in [-0.3, -0.25) is 0 Å². The lowest BCUT2D eigenvalue weighted by atomic mass is 10.2. The zero-order valence-electron chi connectivity index (χ0n) is 10.5. The van der Waals surface area contributed by atoms with Crippen LogP contribution in [0.2, 0.25) is 5.02 Å². The van der Waals surface area contributed by atoms with E-state index in [2.05, 4.69) is 10.0 Å². The first-order valence-electron chi connectivity index (χ1n) is 5.62. The Hall–Kier alpha value is -0.980. The van der Waals surface area contributed by atoms with Crippen molar-refractivity contribution in [2.45, 2.75) is 13.8 Å². The normalized spacial score (nSPS) is 11.5. The Morgan fingerprint density at radius 3 is 2.67 bits per heavy atom. The van der Waals surface area contributed by atoms with Crippen LogP contribution in [0.5, 0.6) is 0 Å². The van der Waals surface area contributed by atoms with E-state index in [9.17, 15) is 8.42 Å². The number of rotatable bonds is 6. The van der Waals surface area contributed by atoms with E-state index in [1.807, 2.05) is 6.92 Å². The maximum absolute atomic E-state index is 11.4. The van der Waals surface area contributed by atoms with E-state index in [0.29, 0.717) is 23.8 Å². The molecule has 0 fully saturated rings. The van der Waals surface area contributed by atoms with Gasteiger partial charge in [0.25, 0.3) is 0 Å². The quantitative estimate of drug-likeness (QED) is 0.695. The van der Waals surface area contributed by atoms with Crippen LogP contribution in [0.1, 0.15) is 12.5 Å². The van der Waals surface area contributed by atoms with Crippen LogP contribution < -0.4 is 15.8 Å². The van der Waals surface area contributed by atoms with E-state index in [0.717, 1.165) is 11.3 Å². The van der Waals surface area contributed by atoms with E-state index in [1.165, 1.54) is 0 Å². The van der Waals surface area contributed by atoms with Crippen molar-refractivity contribution in [3.05, 3.63) is 22.7 Å². The van der Waals surface area contributed by atoms with Crippen LogP contribution in [-0.4, -0.2) is 27.3 Å². The van der Waals surface area contributed by atoms with Crippen molar-refractivity contribution in [1.29, 1.82) is 0 Å². The second kappa shape index (κ2) is 6.26. The molecular formula is C11H18ClN3O2S. The van der Waals surface area contributed by atoms with Gasteiger partial charge < -0.3 is 11.1 Å². The van der Waals surface area contributed by atoms with Gasteiger partial charge in [-0.25, -0.2) is 13.1 Å². The predicted molar refractivity (Wildman–Crippen MR) is 76.6 cm³/mol. The van der Waals surface area contributed by atoms with Crippen molar-refractivity contribution in [2.24, 2.45) is 0 Å². The zero-order valence-corrected chi connectivity index (χ0v) is 12.0. The van der Waals surface area contributed by atoms with E-state index < -0.39 is 10.0 Å². The van der Waals surface area contributed by atoms with Crippen molar-refractivity contribution in [1.82, 2.24) is 4.72 Å². The minimum absolute atomic E-state index is 0.0161. The summed E-state index contributed by atoms with van der Waals surface area (Å²) in [5, 5.41) is 3.49. The van der Waals surface area contributed by atoms with Crippen LogP contribution in [0, 0.1) is 6.92 Å². The second-order valence-corrected chi connectivity index (χ2v) is 6.27. The molecule has 102 valence electrons. The Bertz CT molecular complexity index is 517. The maximum Gasteiger partial charge on any atom is 0.213 e. The summed E-state index contributed by atoms with van der Waals surface area (Å²) in [6.07, 6.45) is 0. The van der Waals surface area contributed by atoms with E-state index in [-0.39, 0.29) is 5.75 Å². The molecule has 0 bridgehead atoms. The monoisotopic (exact) mass is 291 g/mol. The first kappa shape index (κ1) is 15.1. The molecule has 0 aromatic heterocycles. The average Bonchev–Trinajstić information content (AvgIpc) is 2.25. The number of hydrogen-bond acceptors (Lipinski definition) is 4. The summed E-state index contributed by atoms with van der Waals surface area (Å²) in [5.41, 5.74) is 7.90. The van der Waals surface area contributed by atoms with Crippen molar-refractivity contribution >= 4 is 33.0 Å². The van der Waals surface area contributed by atoms with Gasteiger partial charge in [-0.2, -0.15) is 0 Å². The lowest BCUT2D eigenvalue weighted by molar-refractivity contribution is 0.584. The molecule has 0 atom stereocenters. The predicted octanol–water partition coefficient (Wildman–Crippen LogP) is 1.58. The first-order chi connectivity index (χ1) is 8.35. The minimum atomic E-state index is -3.20. The molecule has 0 spiro atoms. The highest BCUT2D eigenvalue weighted by molar-refractivity contribution is 7.89. The topological polar surface area (TPSA) is 84.2 Å². The van der Waals surface area contributed by atoms with Gasteiger partial charge in [-0.15, -0.1) is 0 Å². The van der Waals surface area contributed by atoms with Gasteiger partial charge in [0.05, 0.1) is 16.5 Å². The SMILES string of the molecule is CCNS(=O)(=O)CCNc1cc(Cl)c(N)cc1C. The molecule has 7 heteroatoms. The molecule has 0 aliphatic heterocycles. The fourth-order valence-electron chi connectivity index (χ4n) is 1.51. The van der Waals surface area contributed by atoms with Crippen LogP contribution in [0.3, 0.4) is 0 Å². The molecule has 0 heterocycles. The molecule has 5 nitrogen and oxygen atoms in total. The molecule has 0 unspecified atom stereocenters. The van der Waals surface area contributed by atoms with Gasteiger partial charge in [0, 0.05) is 18.8 Å². The summed E-state index contributed by atoms with van der Waals surface area (Å²) >= 11 is 5.91. The molecule has 0 aliphatic carbocycles. The summed E-state index contributed by atoms with van der Waals surface area (Å²) in [6, 6.07) is 3.45. The number of nitrogens with one attached hydrogen (secondary N) is 2. The summed E-state index contributed by atoms with van der Waals surface area (Å²) in [5.74, 6) is 0.0161. The summed E-state index contributed by atoms with van der Waals surface area (Å²) in [6.45, 7) is 4.34. The molecule has 1 aromatic carbocycles. The number of anilines is 2. The lowest BCUT2D eigenvalue weighted by Gasteiger charge is -2.11. The van der Waals surface area contributed by atoms with Gasteiger partial charge in [0.15, 0.2) is 0 Å². The number of aryl methyl sites for hydroxylation is 1. The van der Waals surface area contributed by atoms with Crippen LogP contribution in [0.4, 0.5) is 11.4 Å². The van der Waals surface area contributed by atoms with Crippen molar-refractivity contribution in [2.75, 3.05) is 29.9 Å². The zero-order chi connectivity index (χ0) is 13.8.